The van der Waals surface area contributed by atoms with Crippen LogP contribution in [0.1, 0.15) is 21.5 Å². The molecule has 26 heavy (non-hydrogen) atoms. The lowest BCUT2D eigenvalue weighted by atomic mass is 10.0. The fourth-order valence-electron chi connectivity index (χ4n) is 3.09. The van der Waals surface area contributed by atoms with E-state index in [0.717, 1.165) is 23.7 Å². The number of rotatable bonds is 4. The fourth-order valence-corrected chi connectivity index (χ4v) is 3.09. The van der Waals surface area contributed by atoms with Crippen LogP contribution in [0.25, 0.3) is 27.1 Å². The molecule has 0 amide bonds. The van der Waals surface area contributed by atoms with Crippen molar-refractivity contribution in [2.45, 2.75) is 6.42 Å². The largest absolute Gasteiger partial charge is 0.457 e. The van der Waals surface area contributed by atoms with Crippen LogP contribution in [-0.4, -0.2) is 6.29 Å². The van der Waals surface area contributed by atoms with Gasteiger partial charge in [-0.25, -0.2) is 4.85 Å². The van der Waals surface area contributed by atoms with E-state index in [1.165, 1.54) is 11.1 Å². The molecular weight excluding hydrogens is 322 g/mol. The SMILES string of the molecule is [C-]#[N+]c1cc(C=O)ccc1-c1cc2cc(Cc3ccccc3)ccc2o1. The summed E-state index contributed by atoms with van der Waals surface area (Å²) in [4.78, 5) is 14.5. The van der Waals surface area contributed by atoms with Crippen LogP contribution >= 0.6 is 0 Å². The van der Waals surface area contributed by atoms with Gasteiger partial charge in [-0.1, -0.05) is 48.5 Å². The Morgan fingerprint density at radius 2 is 1.77 bits per heavy atom. The lowest BCUT2D eigenvalue weighted by molar-refractivity contribution is 0.112. The van der Waals surface area contributed by atoms with Gasteiger partial charge in [0, 0.05) is 16.5 Å². The van der Waals surface area contributed by atoms with Crippen molar-refractivity contribution in [3.63, 3.8) is 0 Å². The predicted molar refractivity (Wildman–Crippen MR) is 103 cm³/mol. The molecule has 0 aliphatic carbocycles. The molecule has 0 aliphatic heterocycles. The summed E-state index contributed by atoms with van der Waals surface area (Å²) < 4.78 is 5.94. The monoisotopic (exact) mass is 337 g/mol. The number of furan rings is 1. The molecule has 0 radical (unpaired) electrons. The number of hydrogen-bond acceptors (Lipinski definition) is 2. The zero-order valence-electron chi connectivity index (χ0n) is 14.0. The Kier molecular flexibility index (Phi) is 4.09. The Balaban J connectivity index is 1.72. The van der Waals surface area contributed by atoms with Crippen LogP contribution in [0.15, 0.2) is 77.2 Å². The molecule has 3 aromatic carbocycles. The molecule has 4 rings (SSSR count). The fraction of sp³-hybridized carbons (Fsp3) is 0.0435. The minimum absolute atomic E-state index is 0.415. The normalized spacial score (nSPS) is 10.6. The highest BCUT2D eigenvalue weighted by molar-refractivity contribution is 5.89. The molecule has 1 aromatic heterocycles. The number of carbonyl (C=O) groups is 1. The standard InChI is InChI=1S/C23H15NO2/c1-24-21-13-18(15-25)7-9-20(21)23-14-19-12-17(8-10-22(19)26-23)11-16-5-3-2-4-6-16/h2-10,12-15H,11H2. The third-order valence-corrected chi connectivity index (χ3v) is 4.38. The molecule has 0 fully saturated rings. The number of nitrogens with zero attached hydrogens (tertiary/aromatic N) is 1. The molecule has 3 heteroatoms. The van der Waals surface area contributed by atoms with E-state index in [4.69, 9.17) is 11.0 Å². The number of aldehydes is 1. The maximum atomic E-state index is 10.9. The maximum absolute atomic E-state index is 10.9. The molecule has 0 N–H and O–H groups in total. The lowest BCUT2D eigenvalue weighted by Gasteiger charge is -2.01. The zero-order valence-corrected chi connectivity index (χ0v) is 14.0. The van der Waals surface area contributed by atoms with Gasteiger partial charge in [0.2, 0.25) is 0 Å². The predicted octanol–water partition coefficient (Wildman–Crippen LogP) is 6.05. The maximum Gasteiger partial charge on any atom is 0.198 e. The van der Waals surface area contributed by atoms with Crippen LogP contribution < -0.4 is 0 Å². The summed E-state index contributed by atoms with van der Waals surface area (Å²) in [5.41, 5.74) is 4.85. The van der Waals surface area contributed by atoms with Crippen LogP contribution in [0.3, 0.4) is 0 Å². The number of hydrogen-bond donors (Lipinski definition) is 0. The van der Waals surface area contributed by atoms with Crippen molar-refractivity contribution in [1.82, 2.24) is 0 Å². The third kappa shape index (κ3) is 3.01. The molecule has 1 heterocycles. The Bertz CT molecular complexity index is 1130. The number of benzene rings is 3. The van der Waals surface area contributed by atoms with Crippen molar-refractivity contribution in [3.8, 4) is 11.3 Å². The smallest absolute Gasteiger partial charge is 0.198 e. The van der Waals surface area contributed by atoms with Gasteiger partial charge in [-0.05, 0) is 41.8 Å². The van der Waals surface area contributed by atoms with Gasteiger partial charge >= 0.3 is 0 Å². The Labute approximate surface area is 151 Å². The first-order chi connectivity index (χ1) is 12.8. The van der Waals surface area contributed by atoms with E-state index < -0.39 is 0 Å². The molecule has 0 saturated heterocycles. The number of fused-ring (bicyclic) bond motifs is 1. The van der Waals surface area contributed by atoms with Crippen LogP contribution in [0.4, 0.5) is 5.69 Å². The Morgan fingerprint density at radius 1 is 0.923 bits per heavy atom. The minimum Gasteiger partial charge on any atom is -0.457 e. The van der Waals surface area contributed by atoms with Crippen LogP contribution in [0.2, 0.25) is 0 Å². The van der Waals surface area contributed by atoms with E-state index in [0.29, 0.717) is 22.6 Å². The van der Waals surface area contributed by atoms with Gasteiger partial charge in [0.15, 0.2) is 5.69 Å². The third-order valence-electron chi connectivity index (χ3n) is 4.38. The van der Waals surface area contributed by atoms with Crippen molar-refractivity contribution in [1.29, 1.82) is 0 Å². The molecule has 0 unspecified atom stereocenters. The van der Waals surface area contributed by atoms with Crippen molar-refractivity contribution in [2.24, 2.45) is 0 Å². The first-order valence-corrected chi connectivity index (χ1v) is 8.30. The molecule has 124 valence electrons. The second-order valence-electron chi connectivity index (χ2n) is 6.15. The van der Waals surface area contributed by atoms with E-state index in [9.17, 15) is 4.79 Å². The Hall–Kier alpha value is -3.64. The van der Waals surface area contributed by atoms with Crippen molar-refractivity contribution in [2.75, 3.05) is 0 Å². The summed E-state index contributed by atoms with van der Waals surface area (Å²) in [5, 5.41) is 1.00. The molecule has 3 nitrogen and oxygen atoms in total. The summed E-state index contributed by atoms with van der Waals surface area (Å²) >= 11 is 0. The van der Waals surface area contributed by atoms with Crippen LogP contribution in [0.5, 0.6) is 0 Å². The quantitative estimate of drug-likeness (QED) is 0.335. The van der Waals surface area contributed by atoms with Crippen molar-refractivity contribution < 1.29 is 9.21 Å². The van der Waals surface area contributed by atoms with Crippen LogP contribution in [0, 0.1) is 6.57 Å². The minimum atomic E-state index is 0.415. The second kappa shape index (κ2) is 6.70. The summed E-state index contributed by atoms with van der Waals surface area (Å²) in [6.07, 6.45) is 1.60. The highest BCUT2D eigenvalue weighted by Crippen LogP contribution is 2.35. The van der Waals surface area contributed by atoms with Gasteiger partial charge in [-0.2, -0.15) is 0 Å². The van der Waals surface area contributed by atoms with Crippen LogP contribution in [-0.2, 0) is 6.42 Å². The first kappa shape index (κ1) is 15.9. The van der Waals surface area contributed by atoms with Gasteiger partial charge in [0.05, 0.1) is 6.57 Å². The van der Waals surface area contributed by atoms with Crippen molar-refractivity contribution >= 4 is 22.9 Å². The second-order valence-corrected chi connectivity index (χ2v) is 6.15. The highest BCUT2D eigenvalue weighted by Gasteiger charge is 2.12. The molecule has 4 aromatic rings. The average Bonchev–Trinajstić information content (AvgIpc) is 3.11. The number of carbonyl (C=O) groups excluding carboxylic acids is 1. The molecule has 0 saturated carbocycles. The van der Waals surface area contributed by atoms with E-state index in [1.807, 2.05) is 30.3 Å². The molecule has 0 atom stereocenters. The van der Waals surface area contributed by atoms with Gasteiger partial charge < -0.3 is 4.42 Å². The summed E-state index contributed by atoms with van der Waals surface area (Å²) in [6.45, 7) is 7.37. The topological polar surface area (TPSA) is 34.6 Å². The lowest BCUT2D eigenvalue weighted by Crippen LogP contribution is -1.86. The van der Waals surface area contributed by atoms with E-state index >= 15 is 0 Å². The van der Waals surface area contributed by atoms with Gasteiger partial charge in [0.25, 0.3) is 0 Å². The highest BCUT2D eigenvalue weighted by atomic mass is 16.3. The van der Waals surface area contributed by atoms with E-state index in [2.05, 4.69) is 29.1 Å². The van der Waals surface area contributed by atoms with Crippen molar-refractivity contribution in [3.05, 3.63) is 101 Å². The van der Waals surface area contributed by atoms with E-state index in [1.54, 1.807) is 18.2 Å². The summed E-state index contributed by atoms with van der Waals surface area (Å²) in [7, 11) is 0. The molecule has 0 spiro atoms. The molecule has 0 bridgehead atoms. The van der Waals surface area contributed by atoms with Gasteiger partial charge in [-0.3, -0.25) is 4.79 Å². The summed E-state index contributed by atoms with van der Waals surface area (Å²) in [6, 6.07) is 23.5. The average molecular weight is 337 g/mol. The summed E-state index contributed by atoms with van der Waals surface area (Å²) in [5.74, 6) is 0.639. The molecule has 0 aliphatic rings. The molecular formula is C23H15NO2. The zero-order chi connectivity index (χ0) is 17.9. The Morgan fingerprint density at radius 3 is 2.54 bits per heavy atom. The van der Waals surface area contributed by atoms with E-state index in [-0.39, 0.29) is 0 Å². The first-order valence-electron chi connectivity index (χ1n) is 8.30. The van der Waals surface area contributed by atoms with Gasteiger partial charge in [-0.15, -0.1) is 0 Å². The van der Waals surface area contributed by atoms with Gasteiger partial charge in [0.1, 0.15) is 17.6 Å².